The molecule has 1 saturated heterocycles. The van der Waals surface area contributed by atoms with Gasteiger partial charge in [-0.15, -0.1) is 0 Å². The zero-order valence-electron chi connectivity index (χ0n) is 11.4. The third-order valence-electron chi connectivity index (χ3n) is 3.24. The Balaban J connectivity index is 2.30. The Morgan fingerprint density at radius 1 is 1.39 bits per heavy atom. The molecule has 2 rings (SSSR count). The molecule has 0 saturated carbocycles. The standard InChI is InChI=1S/C13H20ClN3O/c1-8(2)11-9(3)15-13(16-12(11)14)10-7-17(4)5-6-18-10/h8,10H,5-7H2,1-4H3. The van der Waals surface area contributed by atoms with Gasteiger partial charge >= 0.3 is 0 Å². The minimum atomic E-state index is -0.0684. The highest BCUT2D eigenvalue weighted by atomic mass is 35.5. The third-order valence-corrected chi connectivity index (χ3v) is 3.53. The van der Waals surface area contributed by atoms with Gasteiger partial charge in [-0.2, -0.15) is 0 Å². The van der Waals surface area contributed by atoms with E-state index in [0.717, 1.165) is 24.3 Å². The molecule has 1 unspecified atom stereocenters. The largest absolute Gasteiger partial charge is 0.368 e. The summed E-state index contributed by atoms with van der Waals surface area (Å²) in [7, 11) is 2.08. The second-order valence-corrected chi connectivity index (χ2v) is 5.51. The fraction of sp³-hybridized carbons (Fsp3) is 0.692. The molecule has 1 aromatic heterocycles. The molecule has 1 aliphatic heterocycles. The van der Waals surface area contributed by atoms with E-state index in [1.165, 1.54) is 0 Å². The molecule has 100 valence electrons. The predicted octanol–water partition coefficient (Wildman–Crippen LogP) is 2.56. The first-order valence-corrected chi connectivity index (χ1v) is 6.71. The average molecular weight is 270 g/mol. The molecule has 1 aromatic rings. The van der Waals surface area contributed by atoms with Gasteiger partial charge in [-0.05, 0) is 19.9 Å². The van der Waals surface area contributed by atoms with Crippen molar-refractivity contribution in [3.8, 4) is 0 Å². The molecule has 2 heterocycles. The first-order chi connectivity index (χ1) is 8.49. The Morgan fingerprint density at radius 3 is 2.67 bits per heavy atom. The molecule has 0 spiro atoms. The van der Waals surface area contributed by atoms with E-state index in [1.807, 2.05) is 6.92 Å². The number of morpholine rings is 1. The molecular formula is C13H20ClN3O. The monoisotopic (exact) mass is 269 g/mol. The van der Waals surface area contributed by atoms with Crippen molar-refractivity contribution in [2.45, 2.75) is 32.8 Å². The van der Waals surface area contributed by atoms with Crippen LogP contribution in [-0.4, -0.2) is 41.6 Å². The predicted molar refractivity (Wildman–Crippen MR) is 72.1 cm³/mol. The van der Waals surface area contributed by atoms with Gasteiger partial charge in [-0.25, -0.2) is 9.97 Å². The first-order valence-electron chi connectivity index (χ1n) is 6.33. The number of rotatable bonds is 2. The van der Waals surface area contributed by atoms with Gasteiger partial charge < -0.3 is 9.64 Å². The van der Waals surface area contributed by atoms with Crippen LogP contribution in [0.25, 0.3) is 0 Å². The van der Waals surface area contributed by atoms with Crippen molar-refractivity contribution in [2.75, 3.05) is 26.7 Å². The van der Waals surface area contributed by atoms with Crippen LogP contribution in [0.5, 0.6) is 0 Å². The molecule has 18 heavy (non-hydrogen) atoms. The second kappa shape index (κ2) is 5.51. The quantitative estimate of drug-likeness (QED) is 0.774. The van der Waals surface area contributed by atoms with Gasteiger partial charge in [0.05, 0.1) is 6.61 Å². The van der Waals surface area contributed by atoms with Crippen molar-refractivity contribution < 1.29 is 4.74 Å². The molecule has 0 amide bonds. The zero-order chi connectivity index (χ0) is 13.3. The van der Waals surface area contributed by atoms with Gasteiger partial charge in [0, 0.05) is 24.3 Å². The molecule has 0 aromatic carbocycles. The summed E-state index contributed by atoms with van der Waals surface area (Å²) in [6.45, 7) is 8.67. The van der Waals surface area contributed by atoms with Crippen LogP contribution in [0.1, 0.15) is 43.0 Å². The number of ether oxygens (including phenoxy) is 1. The summed E-state index contributed by atoms with van der Waals surface area (Å²) < 4.78 is 5.72. The van der Waals surface area contributed by atoms with Gasteiger partial charge in [-0.3, -0.25) is 0 Å². The summed E-state index contributed by atoms with van der Waals surface area (Å²) in [5.74, 6) is 1.04. The second-order valence-electron chi connectivity index (χ2n) is 5.15. The molecule has 0 N–H and O–H groups in total. The van der Waals surface area contributed by atoms with E-state index < -0.39 is 0 Å². The number of hydrogen-bond donors (Lipinski definition) is 0. The molecule has 1 atom stereocenters. The van der Waals surface area contributed by atoms with E-state index in [0.29, 0.717) is 23.5 Å². The van der Waals surface area contributed by atoms with E-state index in [1.54, 1.807) is 0 Å². The fourth-order valence-electron chi connectivity index (χ4n) is 2.30. The number of hydrogen-bond acceptors (Lipinski definition) is 4. The molecule has 0 aliphatic carbocycles. The number of halogens is 1. The zero-order valence-corrected chi connectivity index (χ0v) is 12.2. The van der Waals surface area contributed by atoms with Crippen LogP contribution < -0.4 is 0 Å². The lowest BCUT2D eigenvalue weighted by Gasteiger charge is -2.29. The van der Waals surface area contributed by atoms with Crippen LogP contribution >= 0.6 is 11.6 Å². The Hall–Kier alpha value is -0.710. The maximum absolute atomic E-state index is 6.27. The minimum Gasteiger partial charge on any atom is -0.368 e. The number of aromatic nitrogens is 2. The lowest BCUT2D eigenvalue weighted by Crippen LogP contribution is -2.36. The van der Waals surface area contributed by atoms with Gasteiger partial charge in [0.1, 0.15) is 11.3 Å². The van der Waals surface area contributed by atoms with Crippen molar-refractivity contribution in [2.24, 2.45) is 0 Å². The van der Waals surface area contributed by atoms with Crippen molar-refractivity contribution in [1.29, 1.82) is 0 Å². The van der Waals surface area contributed by atoms with Crippen molar-refractivity contribution in [1.82, 2.24) is 14.9 Å². The highest BCUT2D eigenvalue weighted by Crippen LogP contribution is 2.27. The van der Waals surface area contributed by atoms with E-state index >= 15 is 0 Å². The molecular weight excluding hydrogens is 250 g/mol. The summed E-state index contributed by atoms with van der Waals surface area (Å²) in [6, 6.07) is 0. The highest BCUT2D eigenvalue weighted by molar-refractivity contribution is 6.30. The Kier molecular flexibility index (Phi) is 4.20. The van der Waals surface area contributed by atoms with E-state index in [-0.39, 0.29) is 6.10 Å². The van der Waals surface area contributed by atoms with E-state index in [9.17, 15) is 0 Å². The van der Waals surface area contributed by atoms with Crippen LogP contribution in [0, 0.1) is 6.92 Å². The number of likely N-dealkylation sites (N-methyl/N-ethyl adjacent to an activating group) is 1. The minimum absolute atomic E-state index is 0.0684. The van der Waals surface area contributed by atoms with Gasteiger partial charge in [0.25, 0.3) is 0 Å². The van der Waals surface area contributed by atoms with Gasteiger partial charge in [0.15, 0.2) is 5.82 Å². The summed E-state index contributed by atoms with van der Waals surface area (Å²) >= 11 is 6.27. The van der Waals surface area contributed by atoms with Crippen LogP contribution in [-0.2, 0) is 4.74 Å². The highest BCUT2D eigenvalue weighted by Gasteiger charge is 2.24. The van der Waals surface area contributed by atoms with E-state index in [2.05, 4.69) is 35.8 Å². The van der Waals surface area contributed by atoms with Crippen LogP contribution in [0.15, 0.2) is 0 Å². The normalized spacial score (nSPS) is 21.6. The molecule has 5 heteroatoms. The molecule has 1 aliphatic rings. The Labute approximate surface area is 113 Å². The van der Waals surface area contributed by atoms with Crippen LogP contribution in [0.3, 0.4) is 0 Å². The number of aryl methyl sites for hydroxylation is 1. The van der Waals surface area contributed by atoms with Gasteiger partial charge in [-0.1, -0.05) is 25.4 Å². The lowest BCUT2D eigenvalue weighted by molar-refractivity contribution is -0.0255. The smallest absolute Gasteiger partial charge is 0.160 e. The summed E-state index contributed by atoms with van der Waals surface area (Å²) in [6.07, 6.45) is -0.0684. The molecule has 0 radical (unpaired) electrons. The molecule has 1 fully saturated rings. The topological polar surface area (TPSA) is 38.2 Å². The Bertz CT molecular complexity index is 413. The van der Waals surface area contributed by atoms with Crippen molar-refractivity contribution >= 4 is 11.6 Å². The SMILES string of the molecule is Cc1nc(C2CN(C)CCO2)nc(Cl)c1C(C)C. The summed E-state index contributed by atoms with van der Waals surface area (Å²) in [5.41, 5.74) is 1.99. The maximum atomic E-state index is 6.27. The first kappa shape index (κ1) is 13.7. The molecule has 0 bridgehead atoms. The average Bonchev–Trinajstić information content (AvgIpc) is 2.27. The fourth-order valence-corrected chi connectivity index (χ4v) is 2.74. The summed E-state index contributed by atoms with van der Waals surface area (Å²) in [4.78, 5) is 11.2. The number of nitrogens with zero attached hydrogens (tertiary/aromatic N) is 3. The third kappa shape index (κ3) is 2.82. The van der Waals surface area contributed by atoms with Crippen LogP contribution in [0.4, 0.5) is 0 Å². The van der Waals surface area contributed by atoms with Gasteiger partial charge in [0.2, 0.25) is 0 Å². The van der Waals surface area contributed by atoms with Crippen molar-refractivity contribution in [3.05, 3.63) is 22.2 Å². The summed E-state index contributed by atoms with van der Waals surface area (Å²) in [5, 5.41) is 0.560. The maximum Gasteiger partial charge on any atom is 0.160 e. The Morgan fingerprint density at radius 2 is 2.11 bits per heavy atom. The van der Waals surface area contributed by atoms with Crippen molar-refractivity contribution in [3.63, 3.8) is 0 Å². The van der Waals surface area contributed by atoms with E-state index in [4.69, 9.17) is 16.3 Å². The molecule has 4 nitrogen and oxygen atoms in total. The lowest BCUT2D eigenvalue weighted by atomic mass is 10.0. The van der Waals surface area contributed by atoms with Crippen LogP contribution in [0.2, 0.25) is 5.15 Å².